The van der Waals surface area contributed by atoms with Crippen molar-refractivity contribution in [1.82, 2.24) is 4.98 Å². The summed E-state index contributed by atoms with van der Waals surface area (Å²) in [5.41, 5.74) is 11.1. The summed E-state index contributed by atoms with van der Waals surface area (Å²) < 4.78 is 1.91. The summed E-state index contributed by atoms with van der Waals surface area (Å²) in [6.07, 6.45) is 0. The zero-order chi connectivity index (χ0) is 19.9. The first-order valence-electron chi connectivity index (χ1n) is 8.62. The number of nitrogens with zero attached hydrogens (tertiary/aromatic N) is 3. The monoisotopic (exact) mass is 499 g/mol. The fourth-order valence-corrected chi connectivity index (χ4v) is 3.09. The maximum Gasteiger partial charge on any atom is 0.0867 e. The van der Waals surface area contributed by atoms with Crippen LogP contribution in [-0.2, 0) is 0 Å². The number of pyridine rings is 1. The first kappa shape index (κ1) is 20.2. The number of hydrogen-bond acceptors (Lipinski definition) is 5. The lowest BCUT2D eigenvalue weighted by Gasteiger charge is -2.07. The molecular weight excluding hydrogens is 482 g/mol. The summed E-state index contributed by atoms with van der Waals surface area (Å²) in [7, 11) is 0. The molecule has 0 aliphatic carbocycles. The Morgan fingerprint density at radius 1 is 0.679 bits per heavy atom. The van der Waals surface area contributed by atoms with Gasteiger partial charge >= 0.3 is 0 Å². The first-order valence-corrected chi connectivity index (χ1v) is 10.2. The zero-order valence-electron chi connectivity index (χ0n) is 15.4. The van der Waals surface area contributed by atoms with Crippen molar-refractivity contribution >= 4 is 54.7 Å². The van der Waals surface area contributed by atoms with Gasteiger partial charge in [-0.3, -0.25) is 10.9 Å². The van der Waals surface area contributed by atoms with Crippen LogP contribution >= 0.6 is 31.9 Å². The molecular formula is C21H19Br2N5. The molecule has 3 rings (SSSR count). The molecule has 0 unspecified atom stereocenters. The number of para-hydroxylation sites is 2. The second-order valence-electron chi connectivity index (χ2n) is 5.99. The molecule has 3 aromatic rings. The Balaban J connectivity index is 1.75. The molecule has 2 aromatic carbocycles. The Kier molecular flexibility index (Phi) is 6.95. The van der Waals surface area contributed by atoms with Gasteiger partial charge in [0.15, 0.2) is 0 Å². The standard InChI is InChI=1S/C21H19Br2N5/c1-14(25-27-20-10-5-3-8-16(20)22)18-12-7-13-19(24-18)15(2)26-28-21-11-6-4-9-17(21)23/h3-13,27-28H,1-2H3/b25-14-,26-15+. The maximum atomic E-state index is 4.68. The van der Waals surface area contributed by atoms with Gasteiger partial charge in [0.05, 0.1) is 34.2 Å². The predicted octanol–water partition coefficient (Wildman–Crippen LogP) is 6.28. The second kappa shape index (κ2) is 9.61. The molecule has 1 aromatic heterocycles. The van der Waals surface area contributed by atoms with Gasteiger partial charge < -0.3 is 0 Å². The average molecular weight is 501 g/mol. The van der Waals surface area contributed by atoms with Crippen LogP contribution in [0.5, 0.6) is 0 Å². The van der Waals surface area contributed by atoms with Gasteiger partial charge in [-0.1, -0.05) is 30.3 Å². The zero-order valence-corrected chi connectivity index (χ0v) is 18.6. The van der Waals surface area contributed by atoms with Crippen LogP contribution in [0.3, 0.4) is 0 Å². The second-order valence-corrected chi connectivity index (χ2v) is 7.69. The van der Waals surface area contributed by atoms with Crippen molar-refractivity contribution in [2.75, 3.05) is 10.9 Å². The van der Waals surface area contributed by atoms with Crippen LogP contribution in [0.4, 0.5) is 11.4 Å². The van der Waals surface area contributed by atoms with Crippen molar-refractivity contribution in [1.29, 1.82) is 0 Å². The van der Waals surface area contributed by atoms with Gasteiger partial charge in [0.1, 0.15) is 0 Å². The highest BCUT2D eigenvalue weighted by Crippen LogP contribution is 2.22. The third kappa shape index (κ3) is 5.27. The van der Waals surface area contributed by atoms with E-state index in [2.05, 4.69) is 57.9 Å². The minimum atomic E-state index is 0.782. The molecule has 1 heterocycles. The predicted molar refractivity (Wildman–Crippen MR) is 124 cm³/mol. The smallest absolute Gasteiger partial charge is 0.0867 e. The van der Waals surface area contributed by atoms with Crippen LogP contribution in [0.1, 0.15) is 25.2 Å². The molecule has 5 nitrogen and oxygen atoms in total. The molecule has 0 saturated carbocycles. The Bertz CT molecular complexity index is 952. The number of aromatic nitrogens is 1. The lowest BCUT2D eigenvalue weighted by Crippen LogP contribution is -2.08. The number of anilines is 2. The van der Waals surface area contributed by atoms with Gasteiger partial charge in [0, 0.05) is 8.95 Å². The third-order valence-electron chi connectivity index (χ3n) is 3.93. The molecule has 0 radical (unpaired) electrons. The summed E-state index contributed by atoms with van der Waals surface area (Å²) in [4.78, 5) is 4.68. The molecule has 0 atom stereocenters. The molecule has 0 saturated heterocycles. The highest BCUT2D eigenvalue weighted by atomic mass is 79.9. The van der Waals surface area contributed by atoms with E-state index in [0.29, 0.717) is 0 Å². The summed E-state index contributed by atoms with van der Waals surface area (Å²) in [5, 5.41) is 8.89. The lowest BCUT2D eigenvalue weighted by atomic mass is 10.2. The van der Waals surface area contributed by atoms with E-state index in [9.17, 15) is 0 Å². The van der Waals surface area contributed by atoms with Crippen molar-refractivity contribution in [3.05, 3.63) is 87.1 Å². The van der Waals surface area contributed by atoms with Crippen LogP contribution in [0.2, 0.25) is 0 Å². The van der Waals surface area contributed by atoms with E-state index in [-0.39, 0.29) is 0 Å². The topological polar surface area (TPSA) is 61.7 Å². The highest BCUT2D eigenvalue weighted by molar-refractivity contribution is 9.11. The third-order valence-corrected chi connectivity index (χ3v) is 5.31. The minimum Gasteiger partial charge on any atom is -0.277 e. The van der Waals surface area contributed by atoms with Crippen LogP contribution in [-0.4, -0.2) is 16.4 Å². The molecule has 0 fully saturated rings. The Hall–Kier alpha value is -2.51. The van der Waals surface area contributed by atoms with E-state index in [0.717, 1.165) is 43.1 Å². The van der Waals surface area contributed by atoms with Gasteiger partial charge in [0.2, 0.25) is 0 Å². The van der Waals surface area contributed by atoms with E-state index >= 15 is 0 Å². The van der Waals surface area contributed by atoms with E-state index < -0.39 is 0 Å². The van der Waals surface area contributed by atoms with Crippen LogP contribution in [0, 0.1) is 0 Å². The van der Waals surface area contributed by atoms with E-state index in [1.165, 1.54) is 0 Å². The molecule has 0 spiro atoms. The van der Waals surface area contributed by atoms with Crippen molar-refractivity contribution < 1.29 is 0 Å². The highest BCUT2D eigenvalue weighted by Gasteiger charge is 2.05. The van der Waals surface area contributed by atoms with Crippen LogP contribution in [0.15, 0.2) is 85.9 Å². The molecule has 0 aliphatic rings. The summed E-state index contributed by atoms with van der Waals surface area (Å²) in [5.74, 6) is 0. The summed E-state index contributed by atoms with van der Waals surface area (Å²) in [6.45, 7) is 3.84. The van der Waals surface area contributed by atoms with Crippen LogP contribution < -0.4 is 10.9 Å². The Morgan fingerprint density at radius 2 is 1.11 bits per heavy atom. The van der Waals surface area contributed by atoms with E-state index in [4.69, 9.17) is 0 Å². The van der Waals surface area contributed by atoms with Crippen molar-refractivity contribution in [3.63, 3.8) is 0 Å². The molecule has 2 N–H and O–H groups in total. The van der Waals surface area contributed by atoms with E-state index in [1.807, 2.05) is 80.6 Å². The van der Waals surface area contributed by atoms with E-state index in [1.54, 1.807) is 0 Å². The van der Waals surface area contributed by atoms with Gasteiger partial charge in [-0.25, -0.2) is 4.98 Å². The van der Waals surface area contributed by atoms with Gasteiger partial charge in [0.25, 0.3) is 0 Å². The number of rotatable bonds is 6. The average Bonchev–Trinajstić information content (AvgIpc) is 2.72. The SMILES string of the molecule is C/C(=N/Nc1ccccc1Br)c1cccc(/C(C)=N/Nc2ccccc2Br)n1. The van der Waals surface area contributed by atoms with Crippen molar-refractivity contribution in [2.45, 2.75) is 13.8 Å². The summed E-state index contributed by atoms with van der Waals surface area (Å²) in [6, 6.07) is 21.5. The number of halogens is 2. The number of nitrogens with one attached hydrogen (secondary N) is 2. The minimum absolute atomic E-state index is 0.782. The Morgan fingerprint density at radius 3 is 1.54 bits per heavy atom. The quantitative estimate of drug-likeness (QED) is 0.309. The molecule has 142 valence electrons. The molecule has 28 heavy (non-hydrogen) atoms. The number of hydrazone groups is 2. The van der Waals surface area contributed by atoms with Gasteiger partial charge in [-0.15, -0.1) is 0 Å². The largest absolute Gasteiger partial charge is 0.277 e. The molecule has 7 heteroatoms. The molecule has 0 amide bonds. The molecule has 0 aliphatic heterocycles. The maximum absolute atomic E-state index is 4.68. The first-order chi connectivity index (χ1) is 13.5. The van der Waals surface area contributed by atoms with Crippen molar-refractivity contribution in [3.8, 4) is 0 Å². The molecule has 0 bridgehead atoms. The normalized spacial score (nSPS) is 12.0. The number of hydrogen-bond donors (Lipinski definition) is 2. The lowest BCUT2D eigenvalue weighted by molar-refractivity contribution is 1.21. The summed E-state index contributed by atoms with van der Waals surface area (Å²) >= 11 is 7.00. The fraction of sp³-hybridized carbons (Fsp3) is 0.0952. The Labute approximate surface area is 181 Å². The van der Waals surface area contributed by atoms with Gasteiger partial charge in [-0.2, -0.15) is 10.2 Å². The van der Waals surface area contributed by atoms with Gasteiger partial charge in [-0.05, 0) is 82.1 Å². The van der Waals surface area contributed by atoms with Crippen LogP contribution in [0.25, 0.3) is 0 Å². The fourth-order valence-electron chi connectivity index (χ4n) is 2.34. The number of benzene rings is 2. The van der Waals surface area contributed by atoms with Crippen molar-refractivity contribution in [2.24, 2.45) is 10.2 Å².